The second kappa shape index (κ2) is 5.24. The van der Waals surface area contributed by atoms with Crippen molar-refractivity contribution in [1.82, 2.24) is 4.98 Å². The Morgan fingerprint density at radius 3 is 2.42 bits per heavy atom. The number of alkyl halides is 5. The summed E-state index contributed by atoms with van der Waals surface area (Å²) in [6.07, 6.45) is -8.46. The van der Waals surface area contributed by atoms with Gasteiger partial charge in [0.2, 0.25) is 0 Å². The van der Waals surface area contributed by atoms with E-state index in [9.17, 15) is 26.7 Å². The van der Waals surface area contributed by atoms with Crippen molar-refractivity contribution in [3.63, 3.8) is 0 Å². The molecule has 0 aliphatic rings. The zero-order valence-corrected chi connectivity index (χ0v) is 9.16. The summed E-state index contributed by atoms with van der Waals surface area (Å²) in [5.41, 5.74) is -2.61. The molecule has 106 valence electrons. The lowest BCUT2D eigenvalue weighted by Crippen LogP contribution is -2.21. The first-order valence-electron chi connectivity index (χ1n) is 4.51. The lowest BCUT2D eigenvalue weighted by Gasteiger charge is -2.15. The highest BCUT2D eigenvalue weighted by Crippen LogP contribution is 2.40. The fourth-order valence-electron chi connectivity index (χ4n) is 1.17. The highest BCUT2D eigenvalue weighted by Gasteiger charge is 2.37. The maximum absolute atomic E-state index is 12.6. The maximum atomic E-state index is 12.6. The number of carbonyl (C=O) groups excluding carboxylic acids is 1. The van der Waals surface area contributed by atoms with Crippen molar-refractivity contribution in [3.05, 3.63) is 17.5 Å². The molecule has 1 N–H and O–H groups in total. The van der Waals surface area contributed by atoms with Gasteiger partial charge in [-0.25, -0.2) is 18.6 Å². The summed E-state index contributed by atoms with van der Waals surface area (Å²) < 4.78 is 69.1. The van der Waals surface area contributed by atoms with Crippen LogP contribution in [0.3, 0.4) is 0 Å². The first-order valence-corrected chi connectivity index (χ1v) is 4.51. The lowest BCUT2D eigenvalue weighted by molar-refractivity contribution is -0.275. The van der Waals surface area contributed by atoms with E-state index >= 15 is 0 Å². The van der Waals surface area contributed by atoms with Crippen LogP contribution in [0.4, 0.5) is 22.0 Å². The van der Waals surface area contributed by atoms with E-state index in [1.165, 1.54) is 0 Å². The molecule has 1 aromatic rings. The Morgan fingerprint density at radius 1 is 1.42 bits per heavy atom. The third kappa shape index (κ3) is 3.42. The van der Waals surface area contributed by atoms with Gasteiger partial charge < -0.3 is 14.6 Å². The molecule has 0 fully saturated rings. The summed E-state index contributed by atoms with van der Waals surface area (Å²) in [4.78, 5) is 14.2. The molecule has 1 heterocycles. The zero-order chi connectivity index (χ0) is 14.8. The van der Waals surface area contributed by atoms with Gasteiger partial charge in [0.25, 0.3) is 6.43 Å². The van der Waals surface area contributed by atoms with Crippen molar-refractivity contribution >= 4 is 5.97 Å². The number of carbonyl (C=O) groups is 1. The minimum Gasteiger partial charge on any atom is -0.506 e. The summed E-state index contributed by atoms with van der Waals surface area (Å²) in [5.74, 6) is -4.24. The number of ether oxygens (including phenoxy) is 2. The molecule has 5 nitrogen and oxygen atoms in total. The molecule has 0 spiro atoms. The predicted molar refractivity (Wildman–Crippen MR) is 48.9 cm³/mol. The van der Waals surface area contributed by atoms with Gasteiger partial charge in [0.1, 0.15) is 11.3 Å². The van der Waals surface area contributed by atoms with Crippen molar-refractivity contribution in [2.24, 2.45) is 0 Å². The number of hydrogen-bond donors (Lipinski definition) is 1. The summed E-state index contributed by atoms with van der Waals surface area (Å²) in [5, 5.41) is 9.10. The fraction of sp³-hybridized carbons (Fsp3) is 0.333. The van der Waals surface area contributed by atoms with E-state index < -0.39 is 41.5 Å². The topological polar surface area (TPSA) is 68.7 Å². The number of esters is 1. The van der Waals surface area contributed by atoms with Crippen molar-refractivity contribution < 1.29 is 41.3 Å². The quantitative estimate of drug-likeness (QED) is 0.683. The molecule has 0 atom stereocenters. The molecular formula is C9H6F5NO4. The van der Waals surface area contributed by atoms with Gasteiger partial charge in [0.15, 0.2) is 11.4 Å². The van der Waals surface area contributed by atoms with Crippen LogP contribution in [0.5, 0.6) is 11.5 Å². The van der Waals surface area contributed by atoms with Gasteiger partial charge in [-0.1, -0.05) is 0 Å². The predicted octanol–water partition coefficient (Wildman–Crippen LogP) is 2.41. The van der Waals surface area contributed by atoms with Crippen molar-refractivity contribution in [3.8, 4) is 11.5 Å². The average molecular weight is 287 g/mol. The molecule has 0 unspecified atom stereocenters. The van der Waals surface area contributed by atoms with E-state index in [1.54, 1.807) is 0 Å². The number of aromatic nitrogens is 1. The summed E-state index contributed by atoms with van der Waals surface area (Å²) >= 11 is 0. The number of halogens is 5. The molecule has 0 saturated heterocycles. The molecule has 19 heavy (non-hydrogen) atoms. The van der Waals surface area contributed by atoms with Crippen molar-refractivity contribution in [1.29, 1.82) is 0 Å². The second-order valence-corrected chi connectivity index (χ2v) is 3.07. The minimum atomic E-state index is -5.35. The molecule has 0 radical (unpaired) electrons. The Morgan fingerprint density at radius 2 is 2.00 bits per heavy atom. The van der Waals surface area contributed by atoms with E-state index in [-0.39, 0.29) is 0 Å². The van der Waals surface area contributed by atoms with Crippen molar-refractivity contribution in [2.75, 3.05) is 7.11 Å². The first kappa shape index (κ1) is 14.9. The van der Waals surface area contributed by atoms with Crippen LogP contribution in [-0.4, -0.2) is 29.5 Å². The molecule has 0 aromatic carbocycles. The number of pyridine rings is 1. The number of aromatic hydroxyl groups is 1. The Balaban J connectivity index is 3.49. The average Bonchev–Trinajstić information content (AvgIpc) is 2.25. The van der Waals surface area contributed by atoms with Gasteiger partial charge in [-0.3, -0.25) is 0 Å². The number of rotatable bonds is 3. The maximum Gasteiger partial charge on any atom is 0.573 e. The highest BCUT2D eigenvalue weighted by atomic mass is 19.4. The van der Waals surface area contributed by atoms with Crippen LogP contribution in [0.15, 0.2) is 6.20 Å². The van der Waals surface area contributed by atoms with E-state index in [1.807, 2.05) is 0 Å². The minimum absolute atomic E-state index is 0.400. The Labute approximate surface area is 102 Å². The third-order valence-corrected chi connectivity index (χ3v) is 1.87. The number of nitrogens with zero attached hydrogens (tertiary/aromatic N) is 1. The summed E-state index contributed by atoms with van der Waals surface area (Å²) in [7, 11) is 0.816. The van der Waals surface area contributed by atoms with Gasteiger partial charge in [0.05, 0.1) is 13.3 Å². The van der Waals surface area contributed by atoms with Crippen LogP contribution < -0.4 is 4.74 Å². The fourth-order valence-corrected chi connectivity index (χ4v) is 1.17. The highest BCUT2D eigenvalue weighted by molar-refractivity contribution is 5.91. The standard InChI is InChI=1S/C9H6F5NO4/c1-18-8(17)5-6(19-9(12,13)14)4(7(10)11)3(16)2-15-5/h2,7,16H,1H3. The van der Waals surface area contributed by atoms with Crippen LogP contribution in [0.1, 0.15) is 22.5 Å². The smallest absolute Gasteiger partial charge is 0.506 e. The summed E-state index contributed by atoms with van der Waals surface area (Å²) in [6.45, 7) is 0. The van der Waals surface area contributed by atoms with Gasteiger partial charge >= 0.3 is 12.3 Å². The Hall–Kier alpha value is -2.13. The molecule has 10 heteroatoms. The van der Waals surface area contributed by atoms with Crippen LogP contribution in [0.2, 0.25) is 0 Å². The monoisotopic (exact) mass is 287 g/mol. The van der Waals surface area contributed by atoms with Crippen LogP contribution in [0.25, 0.3) is 0 Å². The lowest BCUT2D eigenvalue weighted by atomic mass is 10.2. The second-order valence-electron chi connectivity index (χ2n) is 3.07. The van der Waals surface area contributed by atoms with Crippen molar-refractivity contribution in [2.45, 2.75) is 12.8 Å². The molecule has 0 saturated carbocycles. The Bertz CT molecular complexity index is 488. The normalized spacial score (nSPS) is 11.5. The molecule has 0 amide bonds. The van der Waals surface area contributed by atoms with E-state index in [2.05, 4.69) is 14.5 Å². The third-order valence-electron chi connectivity index (χ3n) is 1.87. The molecule has 0 aliphatic carbocycles. The van der Waals surface area contributed by atoms with Gasteiger partial charge in [-0.15, -0.1) is 13.2 Å². The largest absolute Gasteiger partial charge is 0.573 e. The zero-order valence-electron chi connectivity index (χ0n) is 9.16. The van der Waals surface area contributed by atoms with Crippen LogP contribution in [0, 0.1) is 0 Å². The number of methoxy groups -OCH3 is 1. The first-order chi connectivity index (χ1) is 8.67. The molecule has 1 aromatic heterocycles. The van der Waals surface area contributed by atoms with Crippen LogP contribution in [-0.2, 0) is 4.74 Å². The SMILES string of the molecule is COC(=O)c1ncc(O)c(C(F)F)c1OC(F)(F)F. The Kier molecular flexibility index (Phi) is 4.12. The van der Waals surface area contributed by atoms with E-state index in [4.69, 9.17) is 5.11 Å². The molecule has 0 aliphatic heterocycles. The summed E-state index contributed by atoms with van der Waals surface area (Å²) in [6, 6.07) is 0. The van der Waals surface area contributed by atoms with Gasteiger partial charge in [0, 0.05) is 0 Å². The van der Waals surface area contributed by atoms with E-state index in [0.29, 0.717) is 6.20 Å². The molecule has 1 rings (SSSR count). The van der Waals surface area contributed by atoms with Crippen LogP contribution >= 0.6 is 0 Å². The van der Waals surface area contributed by atoms with Gasteiger partial charge in [-0.2, -0.15) is 0 Å². The number of hydrogen-bond acceptors (Lipinski definition) is 5. The molecular weight excluding hydrogens is 281 g/mol. The van der Waals surface area contributed by atoms with Gasteiger partial charge in [-0.05, 0) is 0 Å². The van der Waals surface area contributed by atoms with E-state index in [0.717, 1.165) is 7.11 Å². The molecule has 0 bridgehead atoms.